The molecule has 182 valence electrons. The number of rotatable bonds is 7. The van der Waals surface area contributed by atoms with Crippen LogP contribution in [-0.4, -0.2) is 23.7 Å². The third-order valence-corrected chi connectivity index (χ3v) is 6.81. The molecule has 1 N–H and O–H groups in total. The van der Waals surface area contributed by atoms with Gasteiger partial charge in [-0.05, 0) is 73.9 Å². The summed E-state index contributed by atoms with van der Waals surface area (Å²) >= 11 is 1.09. The number of carbonyl (C=O) groups is 2. The number of thioether (sulfide) groups is 1. The number of hydrogen-bond donors (Lipinski definition) is 1. The Morgan fingerprint density at radius 2 is 1.89 bits per heavy atom. The fourth-order valence-electron chi connectivity index (χ4n) is 3.86. The summed E-state index contributed by atoms with van der Waals surface area (Å²) in [5.74, 6) is -0.736. The summed E-state index contributed by atoms with van der Waals surface area (Å²) < 4.78 is 19.9. The third-order valence-electron chi connectivity index (χ3n) is 5.55. The van der Waals surface area contributed by atoms with Gasteiger partial charge in [0, 0.05) is 11.4 Å². The maximum Gasteiger partial charge on any atom is 0.269 e. The number of nitrogens with one attached hydrogen (secondary N) is 1. The van der Waals surface area contributed by atoms with Crippen molar-refractivity contribution in [3.8, 4) is 11.8 Å². The Hall–Kier alpha value is -4.09. The zero-order valence-corrected chi connectivity index (χ0v) is 20.6. The first-order valence-corrected chi connectivity index (χ1v) is 12.3. The molecule has 1 saturated heterocycles. The van der Waals surface area contributed by atoms with Crippen molar-refractivity contribution in [1.29, 1.82) is 5.26 Å². The van der Waals surface area contributed by atoms with Crippen LogP contribution in [0.25, 0.3) is 0 Å². The van der Waals surface area contributed by atoms with Crippen molar-refractivity contribution >= 4 is 35.0 Å². The normalized spacial score (nSPS) is 16.4. The average molecular weight is 502 g/mol. The largest absolute Gasteiger partial charge is 0.494 e. The highest BCUT2D eigenvalue weighted by Crippen LogP contribution is 2.42. The van der Waals surface area contributed by atoms with Crippen molar-refractivity contribution in [2.75, 3.05) is 16.8 Å². The van der Waals surface area contributed by atoms with Crippen molar-refractivity contribution in [3.05, 3.63) is 100 Å². The van der Waals surface area contributed by atoms with E-state index in [4.69, 9.17) is 4.74 Å². The molecular weight excluding hydrogens is 477 g/mol. The van der Waals surface area contributed by atoms with Crippen molar-refractivity contribution in [1.82, 2.24) is 0 Å². The molecule has 1 aliphatic rings. The van der Waals surface area contributed by atoms with Crippen molar-refractivity contribution in [3.63, 3.8) is 0 Å². The molecule has 3 aromatic carbocycles. The molecule has 6 nitrogen and oxygen atoms in total. The first-order chi connectivity index (χ1) is 17.4. The number of nitriles is 1. The van der Waals surface area contributed by atoms with Gasteiger partial charge in [-0.1, -0.05) is 42.1 Å². The molecule has 0 spiro atoms. The van der Waals surface area contributed by atoms with E-state index >= 15 is 0 Å². The fraction of sp³-hybridized carbons (Fsp3) is 0.179. The van der Waals surface area contributed by atoms with E-state index in [2.05, 4.69) is 5.32 Å². The first kappa shape index (κ1) is 25.0. The number of benzene rings is 3. The minimum atomic E-state index is -0.710. The van der Waals surface area contributed by atoms with Crippen LogP contribution in [-0.2, 0) is 16.0 Å². The molecule has 0 aliphatic carbocycles. The van der Waals surface area contributed by atoms with Gasteiger partial charge in [0.05, 0.1) is 11.9 Å². The van der Waals surface area contributed by atoms with Crippen LogP contribution >= 0.6 is 11.8 Å². The Morgan fingerprint density at radius 1 is 1.14 bits per heavy atom. The SMILES string of the molecule is CCOc1ccc(N2C(=O)C(Cc3ccccc3F)S/C2=C(/C#N)C(=O)Nc2cccc(C)c2)cc1. The van der Waals surface area contributed by atoms with Crippen LogP contribution in [0.5, 0.6) is 5.75 Å². The number of amides is 2. The molecule has 0 aromatic heterocycles. The van der Waals surface area contributed by atoms with Crippen LogP contribution in [0.4, 0.5) is 15.8 Å². The van der Waals surface area contributed by atoms with Crippen LogP contribution in [0.15, 0.2) is 83.4 Å². The van der Waals surface area contributed by atoms with Gasteiger partial charge < -0.3 is 10.1 Å². The lowest BCUT2D eigenvalue weighted by Crippen LogP contribution is -2.31. The lowest BCUT2D eigenvalue weighted by Gasteiger charge is -2.19. The van der Waals surface area contributed by atoms with E-state index < -0.39 is 17.0 Å². The molecule has 36 heavy (non-hydrogen) atoms. The van der Waals surface area contributed by atoms with E-state index in [-0.39, 0.29) is 22.9 Å². The number of ether oxygens (including phenoxy) is 1. The second-order valence-electron chi connectivity index (χ2n) is 8.12. The highest BCUT2D eigenvalue weighted by molar-refractivity contribution is 8.05. The Bertz CT molecular complexity index is 1360. The van der Waals surface area contributed by atoms with E-state index in [9.17, 15) is 19.2 Å². The molecule has 1 aliphatic heterocycles. The van der Waals surface area contributed by atoms with Crippen LogP contribution < -0.4 is 15.0 Å². The summed E-state index contributed by atoms with van der Waals surface area (Å²) in [4.78, 5) is 28.1. The van der Waals surface area contributed by atoms with E-state index in [1.54, 1.807) is 60.7 Å². The average Bonchev–Trinajstić information content (AvgIpc) is 3.17. The van der Waals surface area contributed by atoms with Gasteiger partial charge in [0.1, 0.15) is 28.2 Å². The predicted octanol–water partition coefficient (Wildman–Crippen LogP) is 5.60. The number of nitrogens with zero attached hydrogens (tertiary/aromatic N) is 2. The molecule has 2 amide bonds. The highest BCUT2D eigenvalue weighted by atomic mass is 32.2. The minimum Gasteiger partial charge on any atom is -0.494 e. The van der Waals surface area contributed by atoms with Crippen molar-refractivity contribution < 1.29 is 18.7 Å². The Labute approximate surface area is 213 Å². The number of anilines is 2. The Kier molecular flexibility index (Phi) is 7.71. The quantitative estimate of drug-likeness (QED) is 0.337. The van der Waals surface area contributed by atoms with Gasteiger partial charge in [0.2, 0.25) is 5.91 Å². The maximum atomic E-state index is 14.4. The summed E-state index contributed by atoms with van der Waals surface area (Å²) in [6.07, 6.45) is 0.116. The van der Waals surface area contributed by atoms with Crippen LogP contribution in [0.3, 0.4) is 0 Å². The lowest BCUT2D eigenvalue weighted by molar-refractivity contribution is -0.117. The van der Waals surface area contributed by atoms with Gasteiger partial charge in [-0.2, -0.15) is 5.26 Å². The molecule has 4 rings (SSSR count). The minimum absolute atomic E-state index is 0.116. The molecule has 0 bridgehead atoms. The molecule has 1 atom stereocenters. The van der Waals surface area contributed by atoms with Crippen LogP contribution in [0, 0.1) is 24.1 Å². The highest BCUT2D eigenvalue weighted by Gasteiger charge is 2.41. The van der Waals surface area contributed by atoms with Crippen LogP contribution in [0.1, 0.15) is 18.1 Å². The molecule has 8 heteroatoms. The van der Waals surface area contributed by atoms with Gasteiger partial charge in [-0.15, -0.1) is 0 Å². The Balaban J connectivity index is 1.73. The van der Waals surface area contributed by atoms with E-state index in [1.165, 1.54) is 11.0 Å². The standard InChI is InChI=1S/C28H24FN3O3S/c1-3-35-22-13-11-21(12-14-22)32-27(34)25(16-19-8-4-5-10-24(19)29)36-28(32)23(17-30)26(33)31-20-9-6-7-18(2)15-20/h4-15,25H,3,16H2,1-2H3,(H,31,33)/b28-23-. The molecule has 1 unspecified atom stereocenters. The molecule has 1 heterocycles. The number of hydrogen-bond acceptors (Lipinski definition) is 5. The number of aryl methyl sites for hydroxylation is 1. The van der Waals surface area contributed by atoms with Gasteiger partial charge in [0.15, 0.2) is 0 Å². The molecule has 3 aromatic rings. The van der Waals surface area contributed by atoms with Gasteiger partial charge in [-0.25, -0.2) is 4.39 Å². The summed E-state index contributed by atoms with van der Waals surface area (Å²) in [7, 11) is 0. The molecule has 0 saturated carbocycles. The number of halogens is 1. The maximum absolute atomic E-state index is 14.4. The number of carbonyl (C=O) groups excluding carboxylic acids is 2. The second-order valence-corrected chi connectivity index (χ2v) is 9.31. The smallest absolute Gasteiger partial charge is 0.269 e. The summed E-state index contributed by atoms with van der Waals surface area (Å²) in [5, 5.41) is 12.2. The monoisotopic (exact) mass is 501 g/mol. The molecule has 0 radical (unpaired) electrons. The lowest BCUT2D eigenvalue weighted by atomic mass is 10.1. The van der Waals surface area contributed by atoms with Crippen molar-refractivity contribution in [2.24, 2.45) is 0 Å². The summed E-state index contributed by atoms with van der Waals surface area (Å²) in [5.41, 5.74) is 2.17. The first-order valence-electron chi connectivity index (χ1n) is 11.4. The van der Waals surface area contributed by atoms with Gasteiger partial charge in [0.25, 0.3) is 5.91 Å². The second kappa shape index (κ2) is 11.1. The van der Waals surface area contributed by atoms with E-state index in [1.807, 2.05) is 26.0 Å². The third kappa shape index (κ3) is 5.42. The van der Waals surface area contributed by atoms with E-state index in [0.717, 1.165) is 17.3 Å². The van der Waals surface area contributed by atoms with Crippen LogP contribution in [0.2, 0.25) is 0 Å². The van der Waals surface area contributed by atoms with E-state index in [0.29, 0.717) is 29.3 Å². The Morgan fingerprint density at radius 3 is 2.56 bits per heavy atom. The molecular formula is C28H24FN3O3S. The van der Waals surface area contributed by atoms with Gasteiger partial charge >= 0.3 is 0 Å². The summed E-state index contributed by atoms with van der Waals surface area (Å²) in [6.45, 7) is 4.26. The molecule has 1 fully saturated rings. The topological polar surface area (TPSA) is 82.4 Å². The summed E-state index contributed by atoms with van der Waals surface area (Å²) in [6, 6.07) is 22.3. The predicted molar refractivity (Wildman–Crippen MR) is 139 cm³/mol. The zero-order valence-electron chi connectivity index (χ0n) is 19.8. The zero-order chi connectivity index (χ0) is 25.7. The fourth-order valence-corrected chi connectivity index (χ4v) is 5.16. The van der Waals surface area contributed by atoms with Crippen molar-refractivity contribution in [2.45, 2.75) is 25.5 Å². The van der Waals surface area contributed by atoms with Gasteiger partial charge in [-0.3, -0.25) is 14.5 Å².